The van der Waals surface area contributed by atoms with Crippen molar-refractivity contribution in [2.24, 2.45) is 5.92 Å². The maximum atomic E-state index is 3.60. The Bertz CT molecular complexity index is 324. The van der Waals surface area contributed by atoms with Gasteiger partial charge in [0, 0.05) is 10.0 Å². The third kappa shape index (κ3) is 6.23. The number of halogens is 1. The molecule has 1 N–H and O–H groups in total. The Morgan fingerprint density at radius 1 is 1.18 bits per heavy atom. The van der Waals surface area contributed by atoms with Gasteiger partial charge in [0.25, 0.3) is 0 Å². The van der Waals surface area contributed by atoms with Gasteiger partial charge in [0.15, 0.2) is 0 Å². The molecule has 1 aromatic rings. The first-order valence-electron chi connectivity index (χ1n) is 6.40. The van der Waals surface area contributed by atoms with E-state index in [1.807, 2.05) is 0 Å². The van der Waals surface area contributed by atoms with E-state index in [4.69, 9.17) is 0 Å². The summed E-state index contributed by atoms with van der Waals surface area (Å²) in [6, 6.07) is 8.67. The van der Waals surface area contributed by atoms with E-state index in [-0.39, 0.29) is 5.54 Å². The molecule has 0 aliphatic carbocycles. The SMILES string of the molecule is CCC(CNC(C)(C)C)Cc1ccc(Br)cc1. The van der Waals surface area contributed by atoms with Crippen LogP contribution < -0.4 is 5.32 Å². The average Bonchev–Trinajstić information content (AvgIpc) is 2.25. The molecule has 1 aromatic carbocycles. The zero-order chi connectivity index (χ0) is 12.9. The maximum absolute atomic E-state index is 3.60. The van der Waals surface area contributed by atoms with E-state index < -0.39 is 0 Å². The Morgan fingerprint density at radius 2 is 1.76 bits per heavy atom. The monoisotopic (exact) mass is 297 g/mol. The smallest absolute Gasteiger partial charge is 0.0175 e. The van der Waals surface area contributed by atoms with Gasteiger partial charge in [0.2, 0.25) is 0 Å². The first-order valence-corrected chi connectivity index (χ1v) is 7.19. The normalized spacial score (nSPS) is 13.7. The number of hydrogen-bond donors (Lipinski definition) is 1. The van der Waals surface area contributed by atoms with Crippen LogP contribution in [-0.4, -0.2) is 12.1 Å². The van der Waals surface area contributed by atoms with Gasteiger partial charge < -0.3 is 5.32 Å². The molecule has 0 heterocycles. The second-order valence-electron chi connectivity index (χ2n) is 5.74. The minimum absolute atomic E-state index is 0.215. The molecular formula is C15H24BrN. The molecule has 0 fully saturated rings. The fourth-order valence-corrected chi connectivity index (χ4v) is 2.03. The molecule has 17 heavy (non-hydrogen) atoms. The molecular weight excluding hydrogens is 274 g/mol. The van der Waals surface area contributed by atoms with Gasteiger partial charge in [0.1, 0.15) is 0 Å². The highest BCUT2D eigenvalue weighted by atomic mass is 79.9. The predicted molar refractivity (Wildman–Crippen MR) is 79.4 cm³/mol. The molecule has 0 spiro atoms. The molecule has 96 valence electrons. The van der Waals surface area contributed by atoms with Crippen molar-refractivity contribution in [1.29, 1.82) is 0 Å². The lowest BCUT2D eigenvalue weighted by molar-refractivity contribution is 0.363. The summed E-state index contributed by atoms with van der Waals surface area (Å²) in [4.78, 5) is 0. The van der Waals surface area contributed by atoms with Crippen LogP contribution in [0.5, 0.6) is 0 Å². The van der Waals surface area contributed by atoms with Crippen molar-refractivity contribution < 1.29 is 0 Å². The van der Waals surface area contributed by atoms with Crippen LogP contribution in [-0.2, 0) is 6.42 Å². The molecule has 0 amide bonds. The first-order chi connectivity index (χ1) is 7.90. The van der Waals surface area contributed by atoms with Crippen LogP contribution >= 0.6 is 15.9 Å². The van der Waals surface area contributed by atoms with Gasteiger partial charge in [-0.25, -0.2) is 0 Å². The van der Waals surface area contributed by atoms with Gasteiger partial charge in [-0.15, -0.1) is 0 Å². The van der Waals surface area contributed by atoms with Gasteiger partial charge in [0.05, 0.1) is 0 Å². The summed E-state index contributed by atoms with van der Waals surface area (Å²) in [7, 11) is 0. The third-order valence-electron chi connectivity index (χ3n) is 2.94. The van der Waals surface area contributed by atoms with Gasteiger partial charge in [-0.05, 0) is 57.4 Å². The van der Waals surface area contributed by atoms with Crippen molar-refractivity contribution in [2.45, 2.75) is 46.1 Å². The summed E-state index contributed by atoms with van der Waals surface area (Å²) in [6.07, 6.45) is 2.38. The summed E-state index contributed by atoms with van der Waals surface area (Å²) < 4.78 is 1.15. The van der Waals surface area contributed by atoms with Crippen molar-refractivity contribution in [3.8, 4) is 0 Å². The third-order valence-corrected chi connectivity index (χ3v) is 3.46. The molecule has 0 saturated heterocycles. The topological polar surface area (TPSA) is 12.0 Å². The average molecular weight is 298 g/mol. The van der Waals surface area contributed by atoms with Crippen LogP contribution in [0.3, 0.4) is 0 Å². The summed E-state index contributed by atoms with van der Waals surface area (Å²) >= 11 is 3.47. The van der Waals surface area contributed by atoms with Crippen molar-refractivity contribution in [2.75, 3.05) is 6.54 Å². The molecule has 1 rings (SSSR count). The second-order valence-corrected chi connectivity index (χ2v) is 6.65. The zero-order valence-corrected chi connectivity index (χ0v) is 13.0. The van der Waals surface area contributed by atoms with Crippen molar-refractivity contribution in [3.63, 3.8) is 0 Å². The van der Waals surface area contributed by atoms with Gasteiger partial charge in [-0.1, -0.05) is 41.4 Å². The lowest BCUT2D eigenvalue weighted by Crippen LogP contribution is -2.39. The van der Waals surface area contributed by atoms with E-state index in [9.17, 15) is 0 Å². The molecule has 0 bridgehead atoms. The van der Waals surface area contributed by atoms with Crippen LogP contribution in [0.4, 0.5) is 0 Å². The van der Waals surface area contributed by atoms with E-state index >= 15 is 0 Å². The zero-order valence-electron chi connectivity index (χ0n) is 11.4. The Hall–Kier alpha value is -0.340. The Labute approximate surface area is 114 Å². The summed E-state index contributed by atoms with van der Waals surface area (Å²) in [5.74, 6) is 0.718. The van der Waals surface area contributed by atoms with E-state index in [1.165, 1.54) is 12.0 Å². The number of nitrogens with one attached hydrogen (secondary N) is 1. The van der Waals surface area contributed by atoms with Crippen molar-refractivity contribution in [1.82, 2.24) is 5.32 Å². The minimum Gasteiger partial charge on any atom is -0.312 e. The summed E-state index contributed by atoms with van der Waals surface area (Å²) in [6.45, 7) is 10.0. The van der Waals surface area contributed by atoms with Crippen LogP contribution in [0.1, 0.15) is 39.7 Å². The molecule has 0 saturated carbocycles. The van der Waals surface area contributed by atoms with E-state index in [1.54, 1.807) is 0 Å². The van der Waals surface area contributed by atoms with Crippen LogP contribution in [0.25, 0.3) is 0 Å². The Morgan fingerprint density at radius 3 is 2.24 bits per heavy atom. The molecule has 0 aromatic heterocycles. The maximum Gasteiger partial charge on any atom is 0.0175 e. The Balaban J connectivity index is 2.49. The van der Waals surface area contributed by atoms with Gasteiger partial charge in [-0.3, -0.25) is 0 Å². The molecule has 0 radical (unpaired) electrons. The van der Waals surface area contributed by atoms with E-state index in [0.717, 1.165) is 23.4 Å². The number of rotatable bonds is 5. The first kappa shape index (κ1) is 14.7. The minimum atomic E-state index is 0.215. The standard InChI is InChI=1S/C15H24BrN/c1-5-12(11-17-15(2,3)4)10-13-6-8-14(16)9-7-13/h6-9,12,17H,5,10-11H2,1-4H3. The highest BCUT2D eigenvalue weighted by Crippen LogP contribution is 2.16. The largest absolute Gasteiger partial charge is 0.312 e. The fourth-order valence-electron chi connectivity index (χ4n) is 1.77. The quantitative estimate of drug-likeness (QED) is 0.849. The fraction of sp³-hybridized carbons (Fsp3) is 0.600. The van der Waals surface area contributed by atoms with Crippen LogP contribution in [0.2, 0.25) is 0 Å². The van der Waals surface area contributed by atoms with Crippen molar-refractivity contribution >= 4 is 15.9 Å². The lowest BCUT2D eigenvalue weighted by Gasteiger charge is -2.24. The van der Waals surface area contributed by atoms with E-state index in [2.05, 4.69) is 73.2 Å². The van der Waals surface area contributed by atoms with Gasteiger partial charge in [-0.2, -0.15) is 0 Å². The highest BCUT2D eigenvalue weighted by Gasteiger charge is 2.13. The molecule has 0 aliphatic rings. The van der Waals surface area contributed by atoms with Gasteiger partial charge >= 0.3 is 0 Å². The number of benzene rings is 1. The molecule has 1 atom stereocenters. The number of hydrogen-bond acceptors (Lipinski definition) is 1. The van der Waals surface area contributed by atoms with Crippen LogP contribution in [0.15, 0.2) is 28.7 Å². The van der Waals surface area contributed by atoms with Crippen molar-refractivity contribution in [3.05, 3.63) is 34.3 Å². The highest BCUT2D eigenvalue weighted by molar-refractivity contribution is 9.10. The van der Waals surface area contributed by atoms with Crippen LogP contribution in [0, 0.1) is 5.92 Å². The second kappa shape index (κ2) is 6.55. The molecule has 2 heteroatoms. The summed E-state index contributed by atoms with van der Waals surface area (Å²) in [5, 5.41) is 3.60. The molecule has 1 nitrogen and oxygen atoms in total. The Kier molecular flexibility index (Phi) is 5.68. The molecule has 0 aliphatic heterocycles. The molecule has 1 unspecified atom stereocenters. The predicted octanol–water partition coefficient (Wildman–Crippen LogP) is 4.41. The van der Waals surface area contributed by atoms with E-state index in [0.29, 0.717) is 0 Å². The lowest BCUT2D eigenvalue weighted by atomic mass is 9.95. The summed E-state index contributed by atoms with van der Waals surface area (Å²) in [5.41, 5.74) is 1.64.